The van der Waals surface area contributed by atoms with Crippen molar-refractivity contribution in [3.8, 4) is 0 Å². The molecule has 0 atom stereocenters. The van der Waals surface area contributed by atoms with Gasteiger partial charge in [0.05, 0.1) is 0 Å². The zero-order valence-electron chi connectivity index (χ0n) is 9.01. The van der Waals surface area contributed by atoms with E-state index in [1.165, 1.54) is 32.7 Å². The van der Waals surface area contributed by atoms with E-state index in [1.54, 1.807) is 0 Å². The average Bonchev–Trinajstić information content (AvgIpc) is 1.92. The van der Waals surface area contributed by atoms with Crippen LogP contribution in [0.4, 0.5) is 0 Å². The molecule has 3 nitrogen and oxygen atoms in total. The van der Waals surface area contributed by atoms with Gasteiger partial charge in [-0.3, -0.25) is 9.80 Å². The first-order valence-electron chi connectivity index (χ1n) is 5.25. The number of hydrogen-bond acceptors (Lipinski definition) is 3. The highest BCUT2D eigenvalue weighted by atomic mass is 15.3. The van der Waals surface area contributed by atoms with Crippen molar-refractivity contribution < 1.29 is 0 Å². The highest BCUT2D eigenvalue weighted by Crippen LogP contribution is 2.21. The molecule has 0 radical (unpaired) electrons. The van der Waals surface area contributed by atoms with Gasteiger partial charge in [-0.05, 0) is 20.9 Å². The second kappa shape index (κ2) is 3.23. The number of piperazine rings is 1. The first-order valence-corrected chi connectivity index (χ1v) is 5.25. The Morgan fingerprint density at radius 1 is 1.23 bits per heavy atom. The second-order valence-electron chi connectivity index (χ2n) is 5.02. The smallest absolute Gasteiger partial charge is 0.0346 e. The lowest BCUT2D eigenvalue weighted by atomic mass is 9.97. The van der Waals surface area contributed by atoms with Crippen molar-refractivity contribution in [3.05, 3.63) is 0 Å². The minimum Gasteiger partial charge on any atom is -0.314 e. The molecule has 0 aliphatic carbocycles. The van der Waals surface area contributed by atoms with Crippen molar-refractivity contribution in [2.45, 2.75) is 25.4 Å². The summed E-state index contributed by atoms with van der Waals surface area (Å²) in [5.74, 6) is 0. The number of rotatable bonds is 1. The van der Waals surface area contributed by atoms with Gasteiger partial charge in [-0.1, -0.05) is 0 Å². The Morgan fingerprint density at radius 2 is 1.92 bits per heavy atom. The van der Waals surface area contributed by atoms with E-state index in [1.807, 2.05) is 0 Å². The summed E-state index contributed by atoms with van der Waals surface area (Å²) in [6.07, 6.45) is 0. The van der Waals surface area contributed by atoms with Crippen LogP contribution in [-0.4, -0.2) is 61.2 Å². The van der Waals surface area contributed by atoms with Crippen LogP contribution in [-0.2, 0) is 0 Å². The average molecular weight is 183 g/mol. The maximum Gasteiger partial charge on any atom is 0.0346 e. The van der Waals surface area contributed by atoms with E-state index in [2.05, 4.69) is 36.0 Å². The summed E-state index contributed by atoms with van der Waals surface area (Å²) in [6.45, 7) is 10.7. The van der Waals surface area contributed by atoms with Crippen molar-refractivity contribution in [3.63, 3.8) is 0 Å². The van der Waals surface area contributed by atoms with Crippen molar-refractivity contribution in [2.24, 2.45) is 0 Å². The quantitative estimate of drug-likeness (QED) is 0.616. The highest BCUT2D eigenvalue weighted by Gasteiger charge is 2.35. The lowest BCUT2D eigenvalue weighted by Gasteiger charge is -2.50. The molecule has 0 aromatic carbocycles. The number of nitrogens with zero attached hydrogens (tertiary/aromatic N) is 2. The molecule has 1 N–H and O–H groups in total. The van der Waals surface area contributed by atoms with Crippen molar-refractivity contribution in [2.75, 3.05) is 39.8 Å². The van der Waals surface area contributed by atoms with Gasteiger partial charge in [-0.2, -0.15) is 0 Å². The first kappa shape index (κ1) is 9.44. The molecule has 2 fully saturated rings. The monoisotopic (exact) mass is 183 g/mol. The fourth-order valence-electron chi connectivity index (χ4n) is 2.12. The van der Waals surface area contributed by atoms with Crippen LogP contribution in [0.1, 0.15) is 13.8 Å². The zero-order chi connectivity index (χ0) is 9.47. The van der Waals surface area contributed by atoms with Gasteiger partial charge in [0.25, 0.3) is 0 Å². The molecule has 0 aromatic heterocycles. The third-order valence-electron chi connectivity index (χ3n) is 3.62. The third kappa shape index (κ3) is 1.73. The molecule has 3 heteroatoms. The largest absolute Gasteiger partial charge is 0.314 e. The SMILES string of the molecule is CN1CCN(C2CNC2)CC1(C)C. The minimum atomic E-state index is 0.355. The Kier molecular flexibility index (Phi) is 2.34. The minimum absolute atomic E-state index is 0.355. The van der Waals surface area contributed by atoms with Crippen LogP contribution in [0.5, 0.6) is 0 Å². The van der Waals surface area contributed by atoms with Gasteiger partial charge in [0.15, 0.2) is 0 Å². The van der Waals surface area contributed by atoms with E-state index < -0.39 is 0 Å². The zero-order valence-corrected chi connectivity index (χ0v) is 9.01. The van der Waals surface area contributed by atoms with Crippen LogP contribution >= 0.6 is 0 Å². The van der Waals surface area contributed by atoms with Gasteiger partial charge in [-0.15, -0.1) is 0 Å². The molecular formula is C10H21N3. The van der Waals surface area contributed by atoms with Gasteiger partial charge >= 0.3 is 0 Å². The van der Waals surface area contributed by atoms with Crippen LogP contribution < -0.4 is 5.32 Å². The van der Waals surface area contributed by atoms with Crippen LogP contribution in [0.15, 0.2) is 0 Å². The topological polar surface area (TPSA) is 18.5 Å². The van der Waals surface area contributed by atoms with E-state index in [0.29, 0.717) is 5.54 Å². The Labute approximate surface area is 81.1 Å². The van der Waals surface area contributed by atoms with Gasteiger partial charge in [0, 0.05) is 44.3 Å². The van der Waals surface area contributed by atoms with Crippen molar-refractivity contribution in [1.82, 2.24) is 15.1 Å². The van der Waals surface area contributed by atoms with Crippen molar-refractivity contribution in [1.29, 1.82) is 0 Å². The number of nitrogens with one attached hydrogen (secondary N) is 1. The molecular weight excluding hydrogens is 162 g/mol. The van der Waals surface area contributed by atoms with E-state index >= 15 is 0 Å². The molecule has 0 unspecified atom stereocenters. The van der Waals surface area contributed by atoms with Gasteiger partial charge in [-0.25, -0.2) is 0 Å². The van der Waals surface area contributed by atoms with Crippen LogP contribution in [0.3, 0.4) is 0 Å². The lowest BCUT2D eigenvalue weighted by Crippen LogP contribution is -2.66. The third-order valence-corrected chi connectivity index (χ3v) is 3.62. The van der Waals surface area contributed by atoms with E-state index in [-0.39, 0.29) is 0 Å². The number of hydrogen-bond donors (Lipinski definition) is 1. The normalized spacial score (nSPS) is 31.6. The summed E-state index contributed by atoms with van der Waals surface area (Å²) < 4.78 is 0. The van der Waals surface area contributed by atoms with Gasteiger partial charge in [0.2, 0.25) is 0 Å². The molecule has 76 valence electrons. The van der Waals surface area contributed by atoms with Crippen LogP contribution in [0.25, 0.3) is 0 Å². The maximum absolute atomic E-state index is 3.34. The molecule has 13 heavy (non-hydrogen) atoms. The summed E-state index contributed by atoms with van der Waals surface area (Å²) in [6, 6.07) is 0.813. The fourth-order valence-corrected chi connectivity index (χ4v) is 2.12. The molecule has 2 aliphatic rings. The predicted octanol–water partition coefficient (Wildman–Crippen LogP) is -0.0158. The van der Waals surface area contributed by atoms with E-state index in [9.17, 15) is 0 Å². The molecule has 0 spiro atoms. The van der Waals surface area contributed by atoms with Gasteiger partial charge < -0.3 is 5.32 Å². The molecule has 0 amide bonds. The predicted molar refractivity (Wildman–Crippen MR) is 54.9 cm³/mol. The van der Waals surface area contributed by atoms with E-state index in [0.717, 1.165) is 6.04 Å². The molecule has 2 rings (SSSR count). The number of likely N-dealkylation sites (N-methyl/N-ethyl adjacent to an activating group) is 1. The molecule has 0 bridgehead atoms. The fraction of sp³-hybridized carbons (Fsp3) is 1.00. The first-order chi connectivity index (χ1) is 6.09. The summed E-state index contributed by atoms with van der Waals surface area (Å²) in [5.41, 5.74) is 0.355. The van der Waals surface area contributed by atoms with E-state index in [4.69, 9.17) is 0 Å². The Hall–Kier alpha value is -0.120. The summed E-state index contributed by atoms with van der Waals surface area (Å²) in [7, 11) is 2.23. The Bertz CT molecular complexity index is 187. The Balaban J connectivity index is 1.94. The molecule has 2 saturated heterocycles. The highest BCUT2D eigenvalue weighted by molar-refractivity contribution is 4.94. The maximum atomic E-state index is 3.34. The lowest BCUT2D eigenvalue weighted by molar-refractivity contribution is 0.00420. The molecule has 0 saturated carbocycles. The molecule has 2 aliphatic heterocycles. The molecule has 0 aromatic rings. The van der Waals surface area contributed by atoms with Crippen LogP contribution in [0, 0.1) is 0 Å². The summed E-state index contributed by atoms with van der Waals surface area (Å²) in [4.78, 5) is 5.10. The van der Waals surface area contributed by atoms with Crippen molar-refractivity contribution >= 4 is 0 Å². The summed E-state index contributed by atoms with van der Waals surface area (Å²) in [5, 5.41) is 3.34. The summed E-state index contributed by atoms with van der Waals surface area (Å²) >= 11 is 0. The molecule has 2 heterocycles. The standard InChI is InChI=1S/C10H21N3/c1-10(2)8-13(5-4-12(10)3)9-6-11-7-9/h9,11H,4-8H2,1-3H3. The Morgan fingerprint density at radius 3 is 2.38 bits per heavy atom. The van der Waals surface area contributed by atoms with Crippen LogP contribution in [0.2, 0.25) is 0 Å². The van der Waals surface area contributed by atoms with Gasteiger partial charge in [0.1, 0.15) is 0 Å². The second-order valence-corrected chi connectivity index (χ2v) is 5.02.